The van der Waals surface area contributed by atoms with Crippen LogP contribution < -0.4 is 22.1 Å². The number of para-hydroxylation sites is 1. The Kier molecular flexibility index (Phi) is 11.9. The number of aromatic nitrogens is 5. The van der Waals surface area contributed by atoms with Gasteiger partial charge in [-0.1, -0.05) is 42.3 Å². The highest BCUT2D eigenvalue weighted by Crippen LogP contribution is 2.07. The van der Waals surface area contributed by atoms with Crippen LogP contribution in [0, 0.1) is 0 Å². The van der Waals surface area contributed by atoms with Gasteiger partial charge in [0, 0.05) is 25.9 Å². The number of rotatable bonds is 12. The number of benzene rings is 2. The fraction of sp³-hybridized carbons (Fsp3) is 0.370. The fourth-order valence-electron chi connectivity index (χ4n) is 4.02. The predicted octanol–water partition coefficient (Wildman–Crippen LogP) is 2.32. The second kappa shape index (κ2) is 15.8. The number of carbonyl (C=O) groups excluding carboxylic acids is 2. The summed E-state index contributed by atoms with van der Waals surface area (Å²) in [5, 5.41) is 25.8. The highest BCUT2D eigenvalue weighted by Gasteiger charge is 2.06. The normalized spacial score (nSPS) is 10.7. The number of carbonyl (C=O) groups is 2. The molecular formula is C27H33N7O6. The first-order chi connectivity index (χ1) is 19.4. The molecular weight excluding hydrogens is 518 g/mol. The summed E-state index contributed by atoms with van der Waals surface area (Å²) in [5.41, 5.74) is 4.29. The first-order valence-corrected chi connectivity index (χ1v) is 13.1. The topological polar surface area (TPSA) is 181 Å². The van der Waals surface area contributed by atoms with Gasteiger partial charge in [0.15, 0.2) is 0 Å². The van der Waals surface area contributed by atoms with Gasteiger partial charge in [-0.15, -0.1) is 5.10 Å². The van der Waals surface area contributed by atoms with Gasteiger partial charge in [0.05, 0.1) is 22.6 Å². The molecule has 2 aromatic carbocycles. The lowest BCUT2D eigenvalue weighted by molar-refractivity contribution is -0.130. The van der Waals surface area contributed by atoms with Gasteiger partial charge >= 0.3 is 0 Å². The van der Waals surface area contributed by atoms with Crippen LogP contribution in [0.2, 0.25) is 0 Å². The summed E-state index contributed by atoms with van der Waals surface area (Å²) >= 11 is 0. The van der Waals surface area contributed by atoms with E-state index in [1.165, 1.54) is 4.68 Å². The molecule has 4 aromatic rings. The molecule has 40 heavy (non-hydrogen) atoms. The molecule has 0 radical (unpaired) electrons. The van der Waals surface area contributed by atoms with Crippen LogP contribution >= 0.6 is 0 Å². The molecule has 2 heterocycles. The van der Waals surface area contributed by atoms with Gasteiger partial charge in [0.25, 0.3) is 11.1 Å². The number of nitrogens with one attached hydrogen (secondary N) is 2. The molecule has 0 unspecified atom stereocenters. The lowest BCUT2D eigenvalue weighted by Gasteiger charge is -2.06. The van der Waals surface area contributed by atoms with Gasteiger partial charge in [0.2, 0.25) is 11.8 Å². The Labute approximate surface area is 229 Å². The smallest absolute Gasteiger partial charge is 0.277 e. The summed E-state index contributed by atoms with van der Waals surface area (Å²) in [7, 11) is 0. The number of aryl methyl sites for hydroxylation is 2. The van der Waals surface area contributed by atoms with Crippen molar-refractivity contribution in [3.63, 3.8) is 0 Å². The maximum atomic E-state index is 12.2. The van der Waals surface area contributed by atoms with Crippen LogP contribution in [0.3, 0.4) is 0 Å². The molecule has 0 bridgehead atoms. The second-order valence-electron chi connectivity index (χ2n) is 9.09. The summed E-state index contributed by atoms with van der Waals surface area (Å²) in [6.45, 7) is 1.05. The zero-order valence-corrected chi connectivity index (χ0v) is 22.0. The highest BCUT2D eigenvalue weighted by molar-refractivity contribution is 5.77. The summed E-state index contributed by atoms with van der Waals surface area (Å²) in [6.07, 6.45) is 6.57. The fourth-order valence-corrected chi connectivity index (χ4v) is 4.02. The van der Waals surface area contributed by atoms with Crippen molar-refractivity contribution in [1.82, 2.24) is 35.5 Å². The monoisotopic (exact) mass is 551 g/mol. The maximum absolute atomic E-state index is 12.2. The number of hydrogen-bond acceptors (Lipinski definition) is 9. The first-order valence-electron chi connectivity index (χ1n) is 13.1. The first kappa shape index (κ1) is 30.1. The van der Waals surface area contributed by atoms with Gasteiger partial charge in [-0.3, -0.25) is 34.2 Å². The van der Waals surface area contributed by atoms with Crippen molar-refractivity contribution in [3.8, 4) is 0 Å². The summed E-state index contributed by atoms with van der Waals surface area (Å²) in [6, 6.07) is 14.3. The Morgan fingerprint density at radius 1 is 0.700 bits per heavy atom. The molecule has 0 aliphatic rings. The summed E-state index contributed by atoms with van der Waals surface area (Å²) in [4.78, 5) is 50.2. The van der Waals surface area contributed by atoms with Crippen molar-refractivity contribution >= 4 is 33.6 Å². The Morgan fingerprint density at radius 3 is 1.88 bits per heavy atom. The number of hydroxylamine groups is 2. The van der Waals surface area contributed by atoms with Gasteiger partial charge in [-0.25, -0.2) is 20.6 Å². The molecule has 0 aliphatic heterocycles. The Balaban J connectivity index is 0.000000220. The largest absolute Gasteiger partial charge is 0.299 e. The Bertz CT molecular complexity index is 1420. The molecule has 13 nitrogen and oxygen atoms in total. The molecule has 2 amide bonds. The second-order valence-corrected chi connectivity index (χ2v) is 9.09. The molecule has 0 atom stereocenters. The number of nitrogens with zero attached hydrogens (tertiary/aromatic N) is 5. The van der Waals surface area contributed by atoms with Crippen LogP contribution in [0.4, 0.5) is 0 Å². The minimum Gasteiger partial charge on any atom is -0.299 e. The van der Waals surface area contributed by atoms with E-state index < -0.39 is 5.91 Å². The van der Waals surface area contributed by atoms with E-state index in [4.69, 9.17) is 10.4 Å². The molecule has 4 rings (SSSR count). The van der Waals surface area contributed by atoms with Crippen molar-refractivity contribution in [2.75, 3.05) is 0 Å². The van der Waals surface area contributed by atoms with Crippen LogP contribution in [0.15, 0.2) is 64.4 Å². The molecule has 13 heteroatoms. The van der Waals surface area contributed by atoms with Crippen LogP contribution in [0.1, 0.15) is 51.4 Å². The Hall–Kier alpha value is -4.49. The van der Waals surface area contributed by atoms with Crippen molar-refractivity contribution in [2.45, 2.75) is 64.5 Å². The third kappa shape index (κ3) is 8.78. The van der Waals surface area contributed by atoms with Crippen molar-refractivity contribution in [3.05, 3.63) is 75.6 Å². The summed E-state index contributed by atoms with van der Waals surface area (Å²) < 4.78 is 2.93. The molecule has 2 aromatic heterocycles. The van der Waals surface area contributed by atoms with Crippen LogP contribution in [-0.4, -0.2) is 46.8 Å². The Morgan fingerprint density at radius 2 is 1.25 bits per heavy atom. The molecule has 4 N–H and O–H groups in total. The molecule has 0 spiro atoms. The quantitative estimate of drug-likeness (QED) is 0.117. The van der Waals surface area contributed by atoms with Gasteiger partial charge in [-0.05, 0) is 49.9 Å². The number of hydrogen-bond donors (Lipinski definition) is 4. The minimum absolute atomic E-state index is 0.0382. The molecule has 0 saturated heterocycles. The number of unbranched alkanes of at least 4 members (excludes halogenated alkanes) is 4. The van der Waals surface area contributed by atoms with Crippen molar-refractivity contribution in [1.29, 1.82) is 0 Å². The van der Waals surface area contributed by atoms with E-state index >= 15 is 0 Å². The SMILES string of the molecule is O=C(CCCCCn1cnc2ccccc2c1=O)NO.O=C(CCCCCn1nnc2ccccc2c1=O)NO. The summed E-state index contributed by atoms with van der Waals surface area (Å²) in [5.74, 6) is -0.776. The average molecular weight is 552 g/mol. The van der Waals surface area contributed by atoms with Crippen molar-refractivity contribution < 1.29 is 20.0 Å². The van der Waals surface area contributed by atoms with E-state index in [0.29, 0.717) is 54.2 Å². The van der Waals surface area contributed by atoms with Gasteiger partial charge < -0.3 is 0 Å². The number of fused-ring (bicyclic) bond motifs is 2. The van der Waals surface area contributed by atoms with Crippen LogP contribution in [0.5, 0.6) is 0 Å². The third-order valence-corrected chi connectivity index (χ3v) is 6.19. The number of amides is 2. The van der Waals surface area contributed by atoms with E-state index in [1.807, 2.05) is 24.3 Å². The van der Waals surface area contributed by atoms with E-state index in [1.54, 1.807) is 46.1 Å². The van der Waals surface area contributed by atoms with Gasteiger partial charge in [0.1, 0.15) is 5.52 Å². The third-order valence-electron chi connectivity index (χ3n) is 6.19. The zero-order chi connectivity index (χ0) is 28.7. The highest BCUT2D eigenvalue weighted by atomic mass is 16.5. The molecule has 0 fully saturated rings. The maximum Gasteiger partial charge on any atom is 0.277 e. The predicted molar refractivity (Wildman–Crippen MR) is 147 cm³/mol. The molecule has 0 saturated carbocycles. The minimum atomic E-state index is -0.396. The van der Waals surface area contributed by atoms with Crippen molar-refractivity contribution in [2.24, 2.45) is 0 Å². The van der Waals surface area contributed by atoms with Crippen LogP contribution in [-0.2, 0) is 22.7 Å². The molecule has 212 valence electrons. The van der Waals surface area contributed by atoms with E-state index in [2.05, 4.69) is 15.3 Å². The van der Waals surface area contributed by atoms with E-state index in [9.17, 15) is 19.2 Å². The standard InChI is InChI=1S/C14H17N3O3.C13H16N4O3/c18-13(16-20)8-2-1-5-9-17-10-15-12-7-4-3-6-11(12)14(17)19;18-12(15-20)8-2-1-5-9-17-13(19)10-6-3-4-7-11(10)14-16-17/h3-4,6-7,10,20H,1-2,5,8-9H2,(H,16,18);3-4,6-7,20H,1-2,5,8-9H2,(H,15,18). The lowest BCUT2D eigenvalue weighted by Crippen LogP contribution is -2.24. The molecule has 0 aliphatic carbocycles. The van der Waals surface area contributed by atoms with Gasteiger partial charge in [-0.2, -0.15) is 0 Å². The van der Waals surface area contributed by atoms with E-state index in [-0.39, 0.29) is 23.4 Å². The average Bonchev–Trinajstić information content (AvgIpc) is 2.99. The lowest BCUT2D eigenvalue weighted by atomic mass is 10.2. The van der Waals surface area contributed by atoms with E-state index in [0.717, 1.165) is 25.7 Å². The zero-order valence-electron chi connectivity index (χ0n) is 22.0. The van der Waals surface area contributed by atoms with Crippen LogP contribution in [0.25, 0.3) is 21.8 Å².